The first-order valence-electron chi connectivity index (χ1n) is 8.49. The third-order valence-corrected chi connectivity index (χ3v) is 5.13. The highest BCUT2D eigenvalue weighted by atomic mass is 14.9. The molecule has 4 rings (SSSR count). The number of hydrogen-bond acceptors (Lipinski definition) is 1. The van der Waals surface area contributed by atoms with Crippen molar-refractivity contribution in [3.05, 3.63) is 71.5 Å². The summed E-state index contributed by atoms with van der Waals surface area (Å²) in [5.41, 5.74) is 12.6. The van der Waals surface area contributed by atoms with Crippen LogP contribution in [0, 0.1) is 6.92 Å². The monoisotopic (exact) mass is 317 g/mol. The molecule has 0 fully saturated rings. The van der Waals surface area contributed by atoms with Crippen molar-refractivity contribution in [2.45, 2.75) is 19.3 Å². The predicted molar refractivity (Wildman–Crippen MR) is 101 cm³/mol. The minimum absolute atomic E-state index is 0.314. The van der Waals surface area contributed by atoms with Crippen molar-refractivity contribution in [3.8, 4) is 0 Å². The number of fused-ring (bicyclic) bond motifs is 2. The second kappa shape index (κ2) is 5.84. The van der Waals surface area contributed by atoms with Gasteiger partial charge < -0.3 is 15.3 Å². The quantitative estimate of drug-likeness (QED) is 0.580. The van der Waals surface area contributed by atoms with Crippen LogP contribution < -0.4 is 5.73 Å². The van der Waals surface area contributed by atoms with Gasteiger partial charge in [-0.1, -0.05) is 36.4 Å². The summed E-state index contributed by atoms with van der Waals surface area (Å²) in [5.74, 6) is 0.314. The maximum absolute atomic E-state index is 6.20. The summed E-state index contributed by atoms with van der Waals surface area (Å²) >= 11 is 0. The summed E-state index contributed by atoms with van der Waals surface area (Å²) in [6, 6.07) is 17.1. The van der Waals surface area contributed by atoms with Crippen LogP contribution in [0.5, 0.6) is 0 Å². The maximum Gasteiger partial charge on any atom is 0.0480 e. The normalized spacial score (nSPS) is 13.0. The molecule has 3 heteroatoms. The fraction of sp³-hybridized carbons (Fsp3) is 0.238. The Balaban J connectivity index is 1.80. The van der Waals surface area contributed by atoms with Gasteiger partial charge in [0.1, 0.15) is 0 Å². The van der Waals surface area contributed by atoms with Gasteiger partial charge >= 0.3 is 0 Å². The molecule has 2 heterocycles. The largest absolute Gasteiger partial charge is 0.358 e. The Morgan fingerprint density at radius 3 is 2.54 bits per heavy atom. The van der Waals surface area contributed by atoms with Crippen LogP contribution in [0.3, 0.4) is 0 Å². The van der Waals surface area contributed by atoms with E-state index in [9.17, 15) is 0 Å². The van der Waals surface area contributed by atoms with Gasteiger partial charge in [-0.05, 0) is 43.1 Å². The Kier molecular flexibility index (Phi) is 3.66. The van der Waals surface area contributed by atoms with E-state index in [0.717, 1.165) is 6.42 Å². The molecule has 0 spiro atoms. The van der Waals surface area contributed by atoms with E-state index >= 15 is 0 Å². The van der Waals surface area contributed by atoms with E-state index in [1.165, 1.54) is 38.6 Å². The van der Waals surface area contributed by atoms with Crippen LogP contribution in [0.4, 0.5) is 0 Å². The molecule has 2 aromatic heterocycles. The summed E-state index contributed by atoms with van der Waals surface area (Å²) in [5, 5.41) is 2.63. The summed E-state index contributed by atoms with van der Waals surface area (Å²) in [7, 11) is 2.11. The van der Waals surface area contributed by atoms with Gasteiger partial charge in [0.25, 0.3) is 0 Å². The van der Waals surface area contributed by atoms with Gasteiger partial charge in [-0.15, -0.1) is 0 Å². The number of nitrogens with zero attached hydrogens (tertiary/aromatic N) is 1. The van der Waals surface area contributed by atoms with Gasteiger partial charge in [-0.3, -0.25) is 0 Å². The lowest BCUT2D eigenvalue weighted by Crippen LogP contribution is -2.15. The summed E-state index contributed by atoms with van der Waals surface area (Å²) < 4.78 is 2.20. The summed E-state index contributed by atoms with van der Waals surface area (Å²) in [6.45, 7) is 2.80. The molecule has 1 atom stereocenters. The second-order valence-corrected chi connectivity index (χ2v) is 6.62. The number of aromatic nitrogens is 2. The number of nitrogens with two attached hydrogens (primary N) is 1. The highest BCUT2D eigenvalue weighted by Gasteiger charge is 2.19. The zero-order chi connectivity index (χ0) is 16.7. The fourth-order valence-corrected chi connectivity index (χ4v) is 3.86. The minimum atomic E-state index is 0.314. The molecule has 0 aliphatic heterocycles. The molecule has 0 aliphatic carbocycles. The lowest BCUT2D eigenvalue weighted by Gasteiger charge is -2.15. The zero-order valence-electron chi connectivity index (χ0n) is 14.2. The number of rotatable bonds is 4. The van der Waals surface area contributed by atoms with E-state index in [-0.39, 0.29) is 0 Å². The van der Waals surface area contributed by atoms with Crippen LogP contribution in [-0.2, 0) is 13.5 Å². The third-order valence-electron chi connectivity index (χ3n) is 5.13. The molecular weight excluding hydrogens is 294 g/mol. The van der Waals surface area contributed by atoms with E-state index in [2.05, 4.69) is 78.3 Å². The van der Waals surface area contributed by atoms with Crippen molar-refractivity contribution in [3.63, 3.8) is 0 Å². The number of hydrogen-bond donors (Lipinski definition) is 2. The van der Waals surface area contributed by atoms with Gasteiger partial charge in [0, 0.05) is 46.7 Å². The standard InChI is InChI=1S/C21H23N3/c1-14-18(16-7-3-5-9-20(16)23-14)11-15(12-22)19-13-24(2)21-10-6-4-8-17(19)21/h3-10,13,15,23H,11-12,22H2,1-2H3. The van der Waals surface area contributed by atoms with Crippen LogP contribution >= 0.6 is 0 Å². The van der Waals surface area contributed by atoms with E-state index < -0.39 is 0 Å². The molecule has 0 amide bonds. The topological polar surface area (TPSA) is 46.7 Å². The highest BCUT2D eigenvalue weighted by molar-refractivity contribution is 5.86. The van der Waals surface area contributed by atoms with Gasteiger partial charge in [0.15, 0.2) is 0 Å². The molecule has 0 bridgehead atoms. The van der Waals surface area contributed by atoms with Gasteiger partial charge in [0.05, 0.1) is 0 Å². The molecule has 4 aromatic rings. The van der Waals surface area contributed by atoms with Crippen molar-refractivity contribution < 1.29 is 0 Å². The average Bonchev–Trinajstić information content (AvgIpc) is 3.10. The first kappa shape index (κ1) is 15.0. The Labute approximate surface area is 142 Å². The number of benzene rings is 2. The van der Waals surface area contributed by atoms with Crippen LogP contribution in [0.1, 0.15) is 22.7 Å². The second-order valence-electron chi connectivity index (χ2n) is 6.62. The lowest BCUT2D eigenvalue weighted by molar-refractivity contribution is 0.696. The molecule has 0 radical (unpaired) electrons. The molecule has 2 aromatic carbocycles. The summed E-state index contributed by atoms with van der Waals surface area (Å²) in [4.78, 5) is 3.50. The van der Waals surface area contributed by atoms with Crippen molar-refractivity contribution >= 4 is 21.8 Å². The molecule has 3 N–H and O–H groups in total. The van der Waals surface area contributed by atoms with Crippen LogP contribution in [0.25, 0.3) is 21.8 Å². The predicted octanol–water partition coefficient (Wildman–Crippen LogP) is 4.25. The van der Waals surface area contributed by atoms with Crippen molar-refractivity contribution in [2.24, 2.45) is 12.8 Å². The van der Waals surface area contributed by atoms with Crippen LogP contribution in [0.15, 0.2) is 54.7 Å². The van der Waals surface area contributed by atoms with Crippen molar-refractivity contribution in [1.82, 2.24) is 9.55 Å². The molecule has 24 heavy (non-hydrogen) atoms. The third kappa shape index (κ3) is 2.33. The number of aromatic amines is 1. The molecule has 0 saturated heterocycles. The first-order valence-corrected chi connectivity index (χ1v) is 8.49. The molecular formula is C21H23N3. The van der Waals surface area contributed by atoms with Crippen LogP contribution in [-0.4, -0.2) is 16.1 Å². The molecule has 3 nitrogen and oxygen atoms in total. The van der Waals surface area contributed by atoms with E-state index in [1.54, 1.807) is 0 Å². The lowest BCUT2D eigenvalue weighted by atomic mass is 9.90. The van der Waals surface area contributed by atoms with E-state index in [4.69, 9.17) is 5.73 Å². The number of para-hydroxylation sites is 2. The molecule has 1 unspecified atom stereocenters. The molecule has 0 saturated carbocycles. The Hall–Kier alpha value is -2.52. The molecule has 122 valence electrons. The highest BCUT2D eigenvalue weighted by Crippen LogP contribution is 2.32. The van der Waals surface area contributed by atoms with Crippen molar-refractivity contribution in [2.75, 3.05) is 6.54 Å². The van der Waals surface area contributed by atoms with Gasteiger partial charge in [-0.2, -0.15) is 0 Å². The Morgan fingerprint density at radius 1 is 1.04 bits per heavy atom. The summed E-state index contributed by atoms with van der Waals surface area (Å²) in [6.07, 6.45) is 3.20. The van der Waals surface area contributed by atoms with E-state index in [0.29, 0.717) is 12.5 Å². The Morgan fingerprint density at radius 2 is 1.75 bits per heavy atom. The SMILES string of the molecule is Cc1[nH]c2ccccc2c1CC(CN)c1cn(C)c2ccccc12. The van der Waals surface area contributed by atoms with E-state index in [1.807, 2.05) is 0 Å². The Bertz CT molecular complexity index is 1010. The fourth-order valence-electron chi connectivity index (χ4n) is 3.86. The number of aryl methyl sites for hydroxylation is 2. The first-order chi connectivity index (χ1) is 11.7. The van der Waals surface area contributed by atoms with Crippen LogP contribution in [0.2, 0.25) is 0 Å². The van der Waals surface area contributed by atoms with Gasteiger partial charge in [0.2, 0.25) is 0 Å². The average molecular weight is 317 g/mol. The zero-order valence-corrected chi connectivity index (χ0v) is 14.2. The number of H-pyrrole nitrogens is 1. The smallest absolute Gasteiger partial charge is 0.0480 e. The van der Waals surface area contributed by atoms with Gasteiger partial charge in [-0.25, -0.2) is 0 Å². The van der Waals surface area contributed by atoms with Crippen molar-refractivity contribution in [1.29, 1.82) is 0 Å². The molecule has 0 aliphatic rings. The maximum atomic E-state index is 6.20. The number of nitrogens with one attached hydrogen (secondary N) is 1. The minimum Gasteiger partial charge on any atom is -0.358 e.